The maximum absolute atomic E-state index is 12.2. The van der Waals surface area contributed by atoms with Gasteiger partial charge in [0.25, 0.3) is 0 Å². The van der Waals surface area contributed by atoms with Gasteiger partial charge in [0, 0.05) is 6.04 Å². The lowest BCUT2D eigenvalue weighted by Crippen LogP contribution is -2.33. The van der Waals surface area contributed by atoms with E-state index in [9.17, 15) is 8.42 Å². The molecule has 1 N–H and O–H groups in total. The number of nitriles is 1. The molecule has 0 bridgehead atoms. The van der Waals surface area contributed by atoms with Gasteiger partial charge in [-0.05, 0) is 43.0 Å². The topological polar surface area (TPSA) is 70.0 Å². The van der Waals surface area contributed by atoms with Gasteiger partial charge in [-0.25, -0.2) is 13.1 Å². The highest BCUT2D eigenvalue weighted by Gasteiger charge is 2.20. The van der Waals surface area contributed by atoms with Crippen LogP contribution in [-0.2, 0) is 10.0 Å². The fourth-order valence-electron chi connectivity index (χ4n) is 1.58. The van der Waals surface area contributed by atoms with Crippen molar-refractivity contribution in [3.05, 3.63) is 28.8 Å². The minimum absolute atomic E-state index is 0.00756. The summed E-state index contributed by atoms with van der Waals surface area (Å²) < 4.78 is 27.0. The summed E-state index contributed by atoms with van der Waals surface area (Å²) >= 11 is 7.70. The fraction of sp³-hybridized carbons (Fsp3) is 0.462. The molecule has 1 rings (SSSR count). The van der Waals surface area contributed by atoms with E-state index in [2.05, 4.69) is 11.6 Å². The Morgan fingerprint density at radius 3 is 2.75 bits per heavy atom. The molecule has 1 atom stereocenters. The molecule has 0 amide bonds. The van der Waals surface area contributed by atoms with Crippen molar-refractivity contribution in [3.63, 3.8) is 0 Å². The number of rotatable bonds is 7. The summed E-state index contributed by atoms with van der Waals surface area (Å²) in [6, 6.07) is 5.91. The van der Waals surface area contributed by atoms with Crippen LogP contribution in [0.2, 0.25) is 5.02 Å². The van der Waals surface area contributed by atoms with E-state index in [0.29, 0.717) is 5.56 Å². The lowest BCUT2D eigenvalue weighted by atomic mass is 10.2. The number of hydrogen-bond donors (Lipinski definition) is 1. The minimum atomic E-state index is -3.65. The first-order valence-corrected chi connectivity index (χ1v) is 9.22. The van der Waals surface area contributed by atoms with Crippen molar-refractivity contribution in [2.24, 2.45) is 0 Å². The Labute approximate surface area is 129 Å². The van der Waals surface area contributed by atoms with Crippen LogP contribution < -0.4 is 4.72 Å². The van der Waals surface area contributed by atoms with Crippen molar-refractivity contribution in [2.45, 2.75) is 31.2 Å². The predicted octanol–water partition coefficient (Wildman–Crippen LogP) is 3.02. The molecule has 0 aliphatic heterocycles. The summed E-state index contributed by atoms with van der Waals surface area (Å²) in [5.41, 5.74) is 0.335. The highest BCUT2D eigenvalue weighted by molar-refractivity contribution is 7.99. The van der Waals surface area contributed by atoms with Gasteiger partial charge in [-0.3, -0.25) is 0 Å². The first-order valence-electron chi connectivity index (χ1n) is 6.20. The molecule has 7 heteroatoms. The van der Waals surface area contributed by atoms with Crippen LogP contribution in [0.3, 0.4) is 0 Å². The van der Waals surface area contributed by atoms with E-state index < -0.39 is 10.0 Å². The molecule has 4 nitrogen and oxygen atoms in total. The summed E-state index contributed by atoms with van der Waals surface area (Å²) in [5, 5.41) is 8.81. The molecule has 0 saturated heterocycles. The molecule has 0 aliphatic carbocycles. The van der Waals surface area contributed by atoms with Gasteiger partial charge in [-0.2, -0.15) is 17.0 Å². The molecular formula is C13H17ClN2O2S2. The van der Waals surface area contributed by atoms with Crippen LogP contribution in [0.4, 0.5) is 0 Å². The van der Waals surface area contributed by atoms with E-state index in [1.165, 1.54) is 18.2 Å². The van der Waals surface area contributed by atoms with E-state index in [1.54, 1.807) is 11.8 Å². The quantitative estimate of drug-likeness (QED) is 0.779. The lowest BCUT2D eigenvalue weighted by molar-refractivity contribution is 0.557. The Kier molecular flexibility index (Phi) is 6.83. The van der Waals surface area contributed by atoms with Gasteiger partial charge in [-0.1, -0.05) is 18.5 Å². The maximum Gasteiger partial charge on any atom is 0.242 e. The molecule has 0 radical (unpaired) electrons. The molecule has 1 unspecified atom stereocenters. The molecule has 0 spiro atoms. The van der Waals surface area contributed by atoms with Gasteiger partial charge in [-0.15, -0.1) is 0 Å². The molecule has 0 fully saturated rings. The van der Waals surface area contributed by atoms with Crippen LogP contribution in [0.5, 0.6) is 0 Å². The van der Waals surface area contributed by atoms with Crippen LogP contribution in [0.1, 0.15) is 25.8 Å². The number of benzene rings is 1. The smallest absolute Gasteiger partial charge is 0.208 e. The number of sulfonamides is 1. The molecular weight excluding hydrogens is 316 g/mol. The van der Waals surface area contributed by atoms with Gasteiger partial charge in [0.1, 0.15) is 4.90 Å². The third-order valence-electron chi connectivity index (χ3n) is 2.61. The number of thioether (sulfide) groups is 1. The van der Waals surface area contributed by atoms with Crippen molar-refractivity contribution >= 4 is 33.4 Å². The lowest BCUT2D eigenvalue weighted by Gasteiger charge is -2.14. The molecule has 0 heterocycles. The first-order chi connectivity index (χ1) is 9.40. The van der Waals surface area contributed by atoms with Crippen molar-refractivity contribution in [1.29, 1.82) is 5.26 Å². The van der Waals surface area contributed by atoms with Gasteiger partial charge >= 0.3 is 0 Å². The normalized spacial score (nSPS) is 12.9. The molecule has 0 aromatic heterocycles. The highest BCUT2D eigenvalue weighted by Crippen LogP contribution is 2.22. The summed E-state index contributed by atoms with van der Waals surface area (Å²) in [4.78, 5) is 0.00756. The van der Waals surface area contributed by atoms with Gasteiger partial charge < -0.3 is 0 Å². The Hall–Kier alpha value is -0.740. The summed E-state index contributed by atoms with van der Waals surface area (Å²) in [6.07, 6.45) is 0.756. The molecule has 110 valence electrons. The van der Waals surface area contributed by atoms with Crippen LogP contribution in [0.15, 0.2) is 23.1 Å². The largest absolute Gasteiger partial charge is 0.242 e. The maximum atomic E-state index is 12.2. The van der Waals surface area contributed by atoms with E-state index in [-0.39, 0.29) is 16.0 Å². The highest BCUT2D eigenvalue weighted by atomic mass is 35.5. The average molecular weight is 333 g/mol. The Morgan fingerprint density at radius 2 is 2.20 bits per heavy atom. The molecule has 1 aromatic rings. The molecule has 0 saturated carbocycles. The minimum Gasteiger partial charge on any atom is -0.208 e. The number of hydrogen-bond acceptors (Lipinski definition) is 4. The van der Waals surface area contributed by atoms with Crippen molar-refractivity contribution in [1.82, 2.24) is 4.72 Å². The Balaban J connectivity index is 2.81. The third-order valence-corrected chi connectivity index (χ3v) is 5.61. The van der Waals surface area contributed by atoms with Crippen LogP contribution in [0, 0.1) is 11.3 Å². The number of nitrogens with zero attached hydrogens (tertiary/aromatic N) is 1. The Bertz CT molecular complexity index is 597. The van der Waals surface area contributed by atoms with E-state index >= 15 is 0 Å². The van der Waals surface area contributed by atoms with Crippen LogP contribution in [-0.4, -0.2) is 26.0 Å². The summed E-state index contributed by atoms with van der Waals surface area (Å²) in [7, 11) is -3.65. The summed E-state index contributed by atoms with van der Waals surface area (Å²) in [6.45, 7) is 3.89. The van der Waals surface area contributed by atoms with Crippen molar-refractivity contribution in [3.8, 4) is 6.07 Å². The van der Waals surface area contributed by atoms with Crippen molar-refractivity contribution < 1.29 is 8.42 Å². The van der Waals surface area contributed by atoms with E-state index in [1.807, 2.05) is 13.0 Å². The van der Waals surface area contributed by atoms with E-state index in [4.69, 9.17) is 16.9 Å². The zero-order valence-electron chi connectivity index (χ0n) is 11.4. The second-order valence-electron chi connectivity index (χ2n) is 4.26. The van der Waals surface area contributed by atoms with Gasteiger partial charge in [0.15, 0.2) is 0 Å². The van der Waals surface area contributed by atoms with Gasteiger partial charge in [0.2, 0.25) is 10.0 Å². The van der Waals surface area contributed by atoms with Gasteiger partial charge in [0.05, 0.1) is 16.7 Å². The molecule has 1 aromatic carbocycles. The average Bonchev–Trinajstić information content (AvgIpc) is 2.37. The zero-order chi connectivity index (χ0) is 15.2. The SMILES string of the molecule is CCSCCC(C)NS(=O)(=O)c1ccc(C#N)cc1Cl. The second-order valence-corrected chi connectivity index (χ2v) is 7.75. The monoisotopic (exact) mass is 332 g/mol. The second kappa shape index (κ2) is 7.89. The Morgan fingerprint density at radius 1 is 1.50 bits per heavy atom. The number of nitrogens with one attached hydrogen (secondary N) is 1. The van der Waals surface area contributed by atoms with Crippen molar-refractivity contribution in [2.75, 3.05) is 11.5 Å². The van der Waals surface area contributed by atoms with Crippen LogP contribution >= 0.6 is 23.4 Å². The standard InChI is InChI=1S/C13H17ClN2O2S2/c1-3-19-7-6-10(2)16-20(17,18)13-5-4-11(9-15)8-12(13)14/h4-5,8,10,16H,3,6-7H2,1-2H3. The third kappa shape index (κ3) is 4.98. The fourth-order valence-corrected chi connectivity index (χ4v) is 4.21. The predicted molar refractivity (Wildman–Crippen MR) is 83.6 cm³/mol. The van der Waals surface area contributed by atoms with E-state index in [0.717, 1.165) is 17.9 Å². The molecule has 20 heavy (non-hydrogen) atoms. The first kappa shape index (κ1) is 17.3. The van der Waals surface area contributed by atoms with Crippen LogP contribution in [0.25, 0.3) is 0 Å². The zero-order valence-corrected chi connectivity index (χ0v) is 13.8. The number of halogens is 1. The molecule has 0 aliphatic rings. The summed E-state index contributed by atoms with van der Waals surface area (Å²) in [5.74, 6) is 1.92.